The van der Waals surface area contributed by atoms with Crippen LogP contribution in [-0.4, -0.2) is 20.1 Å². The minimum absolute atomic E-state index is 0.255. The molecule has 0 aliphatic heterocycles. The second kappa shape index (κ2) is 9.88. The molecule has 0 aromatic carbocycles. The van der Waals surface area contributed by atoms with Gasteiger partial charge in [0.05, 0.1) is 6.73 Å². The Morgan fingerprint density at radius 3 is 2.73 bits per heavy atom. The highest BCUT2D eigenvalue weighted by atomic mass is 16.5. The zero-order valence-corrected chi connectivity index (χ0v) is 7.27. The van der Waals surface area contributed by atoms with Gasteiger partial charge in [-0.15, -0.1) is 0 Å². The van der Waals surface area contributed by atoms with E-state index in [2.05, 4.69) is 12.2 Å². The lowest BCUT2D eigenvalue weighted by molar-refractivity contribution is 0.0720. The molecule has 0 heterocycles. The first-order valence-electron chi connectivity index (χ1n) is 4.28. The van der Waals surface area contributed by atoms with Crippen LogP contribution < -0.4 is 5.32 Å². The Hall–Kier alpha value is -0.120. The summed E-state index contributed by atoms with van der Waals surface area (Å²) >= 11 is 0. The van der Waals surface area contributed by atoms with E-state index in [-0.39, 0.29) is 6.73 Å². The van der Waals surface area contributed by atoms with Crippen LogP contribution in [0.4, 0.5) is 0 Å². The molecule has 67 valence electrons. The zero-order chi connectivity index (χ0) is 8.36. The molecular weight excluding hydrogens is 142 g/mol. The number of unbranched alkanes of at least 4 members (excludes halogenated alkanes) is 3. The third-order valence-electron chi connectivity index (χ3n) is 1.45. The second-order valence-corrected chi connectivity index (χ2v) is 2.51. The molecule has 1 N–H and O–H groups in total. The largest absolute Gasteiger partial charge is 0.366 e. The zero-order valence-electron chi connectivity index (χ0n) is 7.27. The molecule has 1 radical (unpaired) electrons. The molecule has 3 nitrogen and oxygen atoms in total. The van der Waals surface area contributed by atoms with E-state index < -0.39 is 0 Å². The minimum atomic E-state index is -0.255. The first kappa shape index (κ1) is 10.9. The molecule has 3 heteroatoms. The molecule has 0 aromatic heterocycles. The molecule has 0 aromatic rings. The van der Waals surface area contributed by atoms with Crippen molar-refractivity contribution in [2.24, 2.45) is 0 Å². The highest BCUT2D eigenvalue weighted by molar-refractivity contribution is 4.38. The van der Waals surface area contributed by atoms with E-state index in [0.717, 1.165) is 13.0 Å². The Kier molecular flexibility index (Phi) is 9.77. The first-order valence-corrected chi connectivity index (χ1v) is 4.28. The predicted molar refractivity (Wildman–Crippen MR) is 43.7 cm³/mol. The molecule has 0 aliphatic carbocycles. The molecule has 0 saturated carbocycles. The van der Waals surface area contributed by atoms with Crippen molar-refractivity contribution >= 4 is 0 Å². The van der Waals surface area contributed by atoms with E-state index in [9.17, 15) is 5.11 Å². The highest BCUT2D eigenvalue weighted by Crippen LogP contribution is 1.97. The summed E-state index contributed by atoms with van der Waals surface area (Å²) in [5.41, 5.74) is 0. The summed E-state index contributed by atoms with van der Waals surface area (Å²) in [5, 5.41) is 12.4. The monoisotopic (exact) mass is 160 g/mol. The van der Waals surface area contributed by atoms with E-state index in [4.69, 9.17) is 4.74 Å². The van der Waals surface area contributed by atoms with Gasteiger partial charge in [-0.2, -0.15) is 0 Å². The predicted octanol–water partition coefficient (Wildman–Crippen LogP) is 1.52. The van der Waals surface area contributed by atoms with Crippen LogP contribution >= 0.6 is 0 Å². The topological polar surface area (TPSA) is 41.2 Å². The molecule has 11 heavy (non-hydrogen) atoms. The molecule has 0 atom stereocenters. The fourth-order valence-corrected chi connectivity index (χ4v) is 0.817. The summed E-state index contributed by atoms with van der Waals surface area (Å²) in [6.45, 7) is 3.09. The average Bonchev–Trinajstić information content (AvgIpc) is 2.03. The van der Waals surface area contributed by atoms with Crippen LogP contribution in [0, 0.1) is 0 Å². The van der Waals surface area contributed by atoms with Crippen LogP contribution in [0.15, 0.2) is 0 Å². The quantitative estimate of drug-likeness (QED) is 0.432. The van der Waals surface area contributed by atoms with Gasteiger partial charge in [-0.1, -0.05) is 26.2 Å². The van der Waals surface area contributed by atoms with Crippen molar-refractivity contribution in [1.29, 1.82) is 0 Å². The summed E-state index contributed by atoms with van der Waals surface area (Å²) in [5.74, 6) is 0. The number of ether oxygens (including phenoxy) is 1. The molecule has 0 bridgehead atoms. The molecule has 0 aliphatic rings. The molecule has 0 unspecified atom stereocenters. The summed E-state index contributed by atoms with van der Waals surface area (Å²) in [4.78, 5) is 0. The number of rotatable bonds is 8. The van der Waals surface area contributed by atoms with Gasteiger partial charge in [-0.05, 0) is 6.42 Å². The van der Waals surface area contributed by atoms with Gasteiger partial charge in [0, 0.05) is 6.61 Å². The Bertz CT molecular complexity index is 61.1. The third-order valence-corrected chi connectivity index (χ3v) is 1.45. The maximum atomic E-state index is 9.87. The molecule has 0 fully saturated rings. The van der Waals surface area contributed by atoms with Crippen molar-refractivity contribution in [3.63, 3.8) is 0 Å². The maximum absolute atomic E-state index is 9.87. The SMILES string of the molecule is CCCCCCOCNC[O]. The fourth-order valence-electron chi connectivity index (χ4n) is 0.817. The Morgan fingerprint density at radius 2 is 2.09 bits per heavy atom. The lowest BCUT2D eigenvalue weighted by Gasteiger charge is -2.02. The van der Waals surface area contributed by atoms with E-state index in [1.54, 1.807) is 0 Å². The number of hydrogen-bond donors (Lipinski definition) is 1. The first-order chi connectivity index (χ1) is 5.41. The smallest absolute Gasteiger partial charge is 0.134 e. The van der Waals surface area contributed by atoms with Crippen LogP contribution in [0.5, 0.6) is 0 Å². The van der Waals surface area contributed by atoms with Gasteiger partial charge in [0.1, 0.15) is 6.73 Å². The molecule has 0 saturated heterocycles. The average molecular weight is 160 g/mol. The van der Waals surface area contributed by atoms with E-state index >= 15 is 0 Å². The van der Waals surface area contributed by atoms with E-state index in [1.165, 1.54) is 19.3 Å². The van der Waals surface area contributed by atoms with Gasteiger partial charge >= 0.3 is 0 Å². The van der Waals surface area contributed by atoms with Crippen molar-refractivity contribution in [1.82, 2.24) is 5.32 Å². The molecular formula is C8H18NO2. The van der Waals surface area contributed by atoms with Gasteiger partial charge in [0.25, 0.3) is 0 Å². The van der Waals surface area contributed by atoms with Crippen LogP contribution in [0.25, 0.3) is 0 Å². The van der Waals surface area contributed by atoms with Crippen LogP contribution in [0.3, 0.4) is 0 Å². The van der Waals surface area contributed by atoms with Crippen molar-refractivity contribution in [2.75, 3.05) is 20.1 Å². The Morgan fingerprint density at radius 1 is 1.27 bits per heavy atom. The number of nitrogens with one attached hydrogen (secondary N) is 1. The van der Waals surface area contributed by atoms with Crippen LogP contribution in [0.2, 0.25) is 0 Å². The third kappa shape index (κ3) is 9.88. The van der Waals surface area contributed by atoms with E-state index in [0.29, 0.717) is 6.73 Å². The number of hydrogen-bond acceptors (Lipinski definition) is 2. The van der Waals surface area contributed by atoms with Crippen molar-refractivity contribution in [3.8, 4) is 0 Å². The van der Waals surface area contributed by atoms with Gasteiger partial charge < -0.3 is 4.74 Å². The van der Waals surface area contributed by atoms with Crippen LogP contribution in [-0.2, 0) is 9.84 Å². The van der Waals surface area contributed by atoms with Crippen molar-refractivity contribution in [2.45, 2.75) is 32.6 Å². The van der Waals surface area contributed by atoms with Crippen molar-refractivity contribution in [3.05, 3.63) is 0 Å². The second-order valence-electron chi connectivity index (χ2n) is 2.51. The maximum Gasteiger partial charge on any atom is 0.134 e. The Labute approximate surface area is 68.8 Å². The Balaban J connectivity index is 2.69. The molecule has 0 spiro atoms. The summed E-state index contributed by atoms with van der Waals surface area (Å²) in [6, 6.07) is 0. The van der Waals surface area contributed by atoms with Crippen LogP contribution in [0.1, 0.15) is 32.6 Å². The van der Waals surface area contributed by atoms with E-state index in [1.807, 2.05) is 0 Å². The van der Waals surface area contributed by atoms with Gasteiger partial charge in [0.15, 0.2) is 0 Å². The van der Waals surface area contributed by atoms with Gasteiger partial charge in [0.2, 0.25) is 0 Å². The lowest BCUT2D eigenvalue weighted by Crippen LogP contribution is -2.18. The summed E-state index contributed by atoms with van der Waals surface area (Å²) in [7, 11) is 0. The normalized spacial score (nSPS) is 10.4. The molecule has 0 amide bonds. The standard InChI is InChI=1S/C8H18NO2/c1-2-3-4-5-6-11-8-9-7-10/h9H,2-8H2,1H3. The van der Waals surface area contributed by atoms with Crippen molar-refractivity contribution < 1.29 is 9.84 Å². The van der Waals surface area contributed by atoms with Gasteiger partial charge in [-0.3, -0.25) is 5.32 Å². The highest BCUT2D eigenvalue weighted by Gasteiger charge is 1.87. The summed E-state index contributed by atoms with van der Waals surface area (Å²) < 4.78 is 5.11. The molecule has 0 rings (SSSR count). The summed E-state index contributed by atoms with van der Waals surface area (Å²) in [6.07, 6.45) is 4.86. The minimum Gasteiger partial charge on any atom is -0.366 e. The fraction of sp³-hybridized carbons (Fsp3) is 1.00. The lowest BCUT2D eigenvalue weighted by atomic mass is 10.2. The van der Waals surface area contributed by atoms with Gasteiger partial charge in [-0.25, -0.2) is 5.11 Å².